The van der Waals surface area contributed by atoms with Gasteiger partial charge in [0.1, 0.15) is 0 Å². The molecule has 0 bridgehead atoms. The largest absolute Gasteiger partial charge is 0.493 e. The van der Waals surface area contributed by atoms with Crippen molar-refractivity contribution in [3.05, 3.63) is 83.0 Å². The molecule has 2 heterocycles. The predicted octanol–water partition coefficient (Wildman–Crippen LogP) is 4.84. The van der Waals surface area contributed by atoms with Gasteiger partial charge in [0.15, 0.2) is 11.5 Å². The lowest BCUT2D eigenvalue weighted by Gasteiger charge is -2.37. The smallest absolute Gasteiger partial charge is 0.217 e. The zero-order chi connectivity index (χ0) is 21.1. The molecule has 1 unspecified atom stereocenters. The van der Waals surface area contributed by atoms with Gasteiger partial charge in [-0.15, -0.1) is 0 Å². The summed E-state index contributed by atoms with van der Waals surface area (Å²) in [5.41, 5.74) is 4.83. The summed E-state index contributed by atoms with van der Waals surface area (Å²) in [6.45, 7) is 2.26. The minimum atomic E-state index is 0.0791. The highest BCUT2D eigenvalue weighted by Crippen LogP contribution is 2.44. The van der Waals surface area contributed by atoms with Gasteiger partial charge in [-0.2, -0.15) is 0 Å². The van der Waals surface area contributed by atoms with E-state index in [4.69, 9.17) is 14.2 Å². The van der Waals surface area contributed by atoms with E-state index < -0.39 is 0 Å². The molecular formula is C25H28N2O3. The van der Waals surface area contributed by atoms with Crippen molar-refractivity contribution in [1.82, 2.24) is 10.3 Å². The van der Waals surface area contributed by atoms with Gasteiger partial charge in [-0.3, -0.25) is 0 Å². The summed E-state index contributed by atoms with van der Waals surface area (Å²) in [6.07, 6.45) is 2.58. The Hall–Kier alpha value is -3.05. The zero-order valence-corrected chi connectivity index (χ0v) is 17.9. The first-order chi connectivity index (χ1) is 14.7. The summed E-state index contributed by atoms with van der Waals surface area (Å²) >= 11 is 0. The molecule has 0 amide bonds. The maximum Gasteiger partial charge on any atom is 0.217 e. The molecule has 0 spiro atoms. The monoisotopic (exact) mass is 404 g/mol. The van der Waals surface area contributed by atoms with Crippen molar-refractivity contribution in [2.24, 2.45) is 0 Å². The minimum absolute atomic E-state index is 0.0791. The van der Waals surface area contributed by atoms with Crippen LogP contribution >= 0.6 is 0 Å². The topological polar surface area (TPSA) is 52.6 Å². The van der Waals surface area contributed by atoms with Gasteiger partial charge in [-0.1, -0.05) is 43.3 Å². The van der Waals surface area contributed by atoms with Crippen LogP contribution < -0.4 is 19.5 Å². The molecule has 0 aliphatic carbocycles. The second-order valence-corrected chi connectivity index (χ2v) is 7.61. The van der Waals surface area contributed by atoms with Crippen LogP contribution in [0.15, 0.2) is 60.8 Å². The number of hydrogen-bond donors (Lipinski definition) is 1. The molecule has 2 aromatic carbocycles. The van der Waals surface area contributed by atoms with Crippen molar-refractivity contribution < 1.29 is 14.2 Å². The highest BCUT2D eigenvalue weighted by molar-refractivity contribution is 5.51. The number of aromatic nitrogens is 1. The Balaban J connectivity index is 1.81. The minimum Gasteiger partial charge on any atom is -0.493 e. The normalized spacial score (nSPS) is 18.9. The number of benzene rings is 2. The molecule has 5 nitrogen and oxygen atoms in total. The number of rotatable bonds is 6. The molecule has 1 aliphatic rings. The van der Waals surface area contributed by atoms with Crippen molar-refractivity contribution in [3.63, 3.8) is 0 Å². The first-order valence-electron chi connectivity index (χ1n) is 10.2. The van der Waals surface area contributed by atoms with E-state index in [-0.39, 0.29) is 18.0 Å². The van der Waals surface area contributed by atoms with Gasteiger partial charge < -0.3 is 19.5 Å². The Morgan fingerprint density at radius 2 is 1.63 bits per heavy atom. The second kappa shape index (κ2) is 8.76. The van der Waals surface area contributed by atoms with Crippen LogP contribution in [0.2, 0.25) is 0 Å². The third kappa shape index (κ3) is 3.73. The van der Waals surface area contributed by atoms with Gasteiger partial charge in [0, 0.05) is 29.8 Å². The van der Waals surface area contributed by atoms with Crippen LogP contribution in [0.25, 0.3) is 0 Å². The number of pyridine rings is 1. The Morgan fingerprint density at radius 3 is 2.33 bits per heavy atom. The summed E-state index contributed by atoms with van der Waals surface area (Å²) in [6, 6.07) is 19.0. The predicted molar refractivity (Wildman–Crippen MR) is 118 cm³/mol. The quantitative estimate of drug-likeness (QED) is 0.637. The number of ether oxygens (including phenoxy) is 3. The van der Waals surface area contributed by atoms with Gasteiger partial charge in [-0.05, 0) is 41.3 Å². The number of methoxy groups -OCH3 is 3. The Morgan fingerprint density at radius 1 is 0.900 bits per heavy atom. The van der Waals surface area contributed by atoms with Crippen molar-refractivity contribution in [2.45, 2.75) is 31.3 Å². The van der Waals surface area contributed by atoms with E-state index in [0.29, 0.717) is 5.88 Å². The average molecular weight is 405 g/mol. The summed E-state index contributed by atoms with van der Waals surface area (Å²) in [7, 11) is 5.02. The third-order valence-electron chi connectivity index (χ3n) is 5.98. The van der Waals surface area contributed by atoms with Gasteiger partial charge >= 0.3 is 0 Å². The van der Waals surface area contributed by atoms with Crippen molar-refractivity contribution >= 4 is 0 Å². The number of nitrogens with zero attached hydrogens (tertiary/aromatic N) is 1. The average Bonchev–Trinajstić information content (AvgIpc) is 2.82. The van der Waals surface area contributed by atoms with Crippen LogP contribution in [-0.4, -0.2) is 26.3 Å². The number of hydrogen-bond acceptors (Lipinski definition) is 5. The molecule has 0 saturated heterocycles. The van der Waals surface area contributed by atoms with Gasteiger partial charge in [0.25, 0.3) is 0 Å². The second-order valence-electron chi connectivity index (χ2n) is 7.61. The zero-order valence-electron chi connectivity index (χ0n) is 17.9. The number of nitrogens with one attached hydrogen (secondary N) is 1. The first kappa shape index (κ1) is 20.2. The SMILES string of the molecule is COc1cc2c(cc1OC)[C@@H](C(C)c1ccccc1)N[C@@H](c1cccnc1OC)C2. The Kier molecular flexibility index (Phi) is 5.91. The molecule has 3 aromatic rings. The van der Waals surface area contributed by atoms with Crippen LogP contribution in [-0.2, 0) is 6.42 Å². The first-order valence-corrected chi connectivity index (χ1v) is 10.2. The van der Waals surface area contributed by atoms with Crippen molar-refractivity contribution in [1.29, 1.82) is 0 Å². The van der Waals surface area contributed by atoms with E-state index in [0.717, 1.165) is 23.5 Å². The molecule has 0 saturated carbocycles. The summed E-state index contributed by atoms with van der Waals surface area (Å²) < 4.78 is 16.7. The fourth-order valence-corrected chi connectivity index (χ4v) is 4.39. The molecular weight excluding hydrogens is 376 g/mol. The lowest BCUT2D eigenvalue weighted by Crippen LogP contribution is -2.36. The van der Waals surface area contributed by atoms with Crippen LogP contribution in [0.5, 0.6) is 17.4 Å². The van der Waals surface area contributed by atoms with Gasteiger partial charge in [-0.25, -0.2) is 4.98 Å². The van der Waals surface area contributed by atoms with Gasteiger partial charge in [0.2, 0.25) is 5.88 Å². The van der Waals surface area contributed by atoms with E-state index in [1.54, 1.807) is 27.5 Å². The molecule has 5 heteroatoms. The maximum absolute atomic E-state index is 5.60. The molecule has 156 valence electrons. The van der Waals surface area contributed by atoms with Crippen LogP contribution in [0.1, 0.15) is 47.2 Å². The molecule has 4 rings (SSSR count). The van der Waals surface area contributed by atoms with E-state index in [9.17, 15) is 0 Å². The third-order valence-corrected chi connectivity index (χ3v) is 5.98. The fourth-order valence-electron chi connectivity index (χ4n) is 4.39. The Bertz CT molecular complexity index is 1010. The molecule has 0 fully saturated rings. The highest BCUT2D eigenvalue weighted by Gasteiger charge is 2.33. The summed E-state index contributed by atoms with van der Waals surface area (Å²) in [5, 5.41) is 3.87. The highest BCUT2D eigenvalue weighted by atomic mass is 16.5. The van der Waals surface area contributed by atoms with E-state index in [2.05, 4.69) is 65.8 Å². The van der Waals surface area contributed by atoms with E-state index >= 15 is 0 Å². The van der Waals surface area contributed by atoms with Crippen LogP contribution in [0.3, 0.4) is 0 Å². The molecule has 1 aromatic heterocycles. The summed E-state index contributed by atoms with van der Waals surface area (Å²) in [4.78, 5) is 4.41. The molecule has 1 aliphatic heterocycles. The van der Waals surface area contributed by atoms with Gasteiger partial charge in [0.05, 0.1) is 21.3 Å². The summed E-state index contributed by atoms with van der Waals surface area (Å²) in [5.74, 6) is 2.42. The Labute approximate surface area is 178 Å². The molecule has 1 N–H and O–H groups in total. The fraction of sp³-hybridized carbons (Fsp3) is 0.320. The van der Waals surface area contributed by atoms with Crippen molar-refractivity contribution in [3.8, 4) is 17.4 Å². The molecule has 3 atom stereocenters. The van der Waals surface area contributed by atoms with E-state index in [1.807, 2.05) is 6.07 Å². The lowest BCUT2D eigenvalue weighted by atomic mass is 9.80. The molecule has 0 radical (unpaired) electrons. The van der Waals surface area contributed by atoms with Crippen molar-refractivity contribution in [2.75, 3.05) is 21.3 Å². The van der Waals surface area contributed by atoms with Crippen LogP contribution in [0.4, 0.5) is 0 Å². The van der Waals surface area contributed by atoms with Crippen LogP contribution in [0, 0.1) is 0 Å². The standard InChI is InChI=1S/C25H28N2O3/c1-16(17-9-6-5-7-10-17)24-20-15-23(29-3)22(28-2)14-18(20)13-21(27-24)19-11-8-12-26-25(19)30-4/h5-12,14-16,21,24,27H,13H2,1-4H3/t16?,21-,24-/m1/s1. The maximum atomic E-state index is 5.60. The van der Waals surface area contributed by atoms with E-state index in [1.165, 1.54) is 16.7 Å². The lowest BCUT2D eigenvalue weighted by molar-refractivity contribution is 0.335. The molecule has 30 heavy (non-hydrogen) atoms. The number of fused-ring (bicyclic) bond motifs is 1.